The molecule has 1 fully saturated rings. The van der Waals surface area contributed by atoms with E-state index in [1.165, 1.54) is 10.9 Å². The van der Waals surface area contributed by atoms with E-state index in [1.807, 2.05) is 18.3 Å². The largest absolute Gasteiger partial charge is 0.382 e. The van der Waals surface area contributed by atoms with Gasteiger partial charge in [-0.05, 0) is 49.2 Å². The number of hydrogen-bond donors (Lipinski definition) is 2. The summed E-state index contributed by atoms with van der Waals surface area (Å²) < 4.78 is 0. The Morgan fingerprint density at radius 2 is 2.14 bits per heavy atom. The first-order valence-corrected chi connectivity index (χ1v) is 10.0. The standard InChI is InChI=1S/C22H27N5O/c1-3-16-7-8-19-17(12-16)13-21(25-19)27-11-10-26(14-18(27)15-28)22-20(23-4-2)6-5-9-24-22/h5-9,12-13,15,18,23,25H,3-4,10-11,14H2,1-2H3. The number of nitrogens with zero attached hydrogens (tertiary/aromatic N) is 3. The number of pyridine rings is 1. The van der Waals surface area contributed by atoms with Crippen LogP contribution in [0.3, 0.4) is 0 Å². The number of hydrogen-bond acceptors (Lipinski definition) is 5. The van der Waals surface area contributed by atoms with Crippen molar-refractivity contribution in [3.05, 3.63) is 48.2 Å². The number of carbonyl (C=O) groups is 1. The molecule has 3 aromatic rings. The van der Waals surface area contributed by atoms with Crippen molar-refractivity contribution in [2.24, 2.45) is 0 Å². The molecule has 1 saturated heterocycles. The maximum atomic E-state index is 11.9. The number of piperazine rings is 1. The molecule has 1 unspecified atom stereocenters. The number of fused-ring (bicyclic) bond motifs is 1. The minimum atomic E-state index is -0.219. The van der Waals surface area contributed by atoms with Gasteiger partial charge in [0.1, 0.15) is 18.1 Å². The molecule has 0 bridgehead atoms. The number of aromatic amines is 1. The third-order valence-corrected chi connectivity index (χ3v) is 5.42. The summed E-state index contributed by atoms with van der Waals surface area (Å²) in [6.07, 6.45) is 3.87. The average Bonchev–Trinajstić information content (AvgIpc) is 3.17. The number of rotatable bonds is 6. The second-order valence-electron chi connectivity index (χ2n) is 7.18. The molecule has 2 N–H and O–H groups in total. The van der Waals surface area contributed by atoms with Gasteiger partial charge < -0.3 is 24.9 Å². The van der Waals surface area contributed by atoms with E-state index in [1.54, 1.807) is 0 Å². The summed E-state index contributed by atoms with van der Waals surface area (Å²) in [5, 5.41) is 4.56. The van der Waals surface area contributed by atoms with Crippen molar-refractivity contribution in [1.29, 1.82) is 0 Å². The number of carbonyl (C=O) groups excluding carboxylic acids is 1. The first-order valence-electron chi connectivity index (χ1n) is 10.0. The molecule has 6 nitrogen and oxygen atoms in total. The molecular weight excluding hydrogens is 350 g/mol. The Bertz CT molecular complexity index is 966. The number of anilines is 3. The van der Waals surface area contributed by atoms with Gasteiger partial charge in [-0.25, -0.2) is 4.98 Å². The van der Waals surface area contributed by atoms with E-state index in [0.717, 1.165) is 55.2 Å². The number of nitrogens with one attached hydrogen (secondary N) is 2. The van der Waals surface area contributed by atoms with Gasteiger partial charge in [0, 0.05) is 43.3 Å². The van der Waals surface area contributed by atoms with Gasteiger partial charge in [0.05, 0.1) is 5.69 Å². The second kappa shape index (κ2) is 7.92. The van der Waals surface area contributed by atoms with Crippen molar-refractivity contribution < 1.29 is 4.79 Å². The lowest BCUT2D eigenvalue weighted by molar-refractivity contribution is -0.109. The molecule has 0 saturated carbocycles. The van der Waals surface area contributed by atoms with Gasteiger partial charge in [-0.15, -0.1) is 0 Å². The van der Waals surface area contributed by atoms with Crippen LogP contribution < -0.4 is 15.1 Å². The molecule has 3 heterocycles. The molecule has 0 aliphatic carbocycles. The molecule has 1 aliphatic heterocycles. The normalized spacial score (nSPS) is 17.1. The van der Waals surface area contributed by atoms with Crippen LogP contribution in [0.5, 0.6) is 0 Å². The van der Waals surface area contributed by atoms with Crippen LogP contribution in [0.1, 0.15) is 19.4 Å². The Balaban J connectivity index is 1.58. The SMILES string of the molecule is CCNc1cccnc1N1CCN(c2cc3cc(CC)ccc3[nH]2)C(C=O)C1. The molecule has 1 aliphatic rings. The molecular formula is C22H27N5O. The second-order valence-corrected chi connectivity index (χ2v) is 7.18. The Hall–Kier alpha value is -3.02. The van der Waals surface area contributed by atoms with Crippen LogP contribution in [0.2, 0.25) is 0 Å². The van der Waals surface area contributed by atoms with Gasteiger partial charge in [0.15, 0.2) is 5.82 Å². The molecule has 0 radical (unpaired) electrons. The fourth-order valence-electron chi connectivity index (χ4n) is 3.94. The number of H-pyrrole nitrogens is 1. The fourth-order valence-corrected chi connectivity index (χ4v) is 3.94. The van der Waals surface area contributed by atoms with E-state index >= 15 is 0 Å². The van der Waals surface area contributed by atoms with E-state index in [0.29, 0.717) is 6.54 Å². The van der Waals surface area contributed by atoms with E-state index in [4.69, 9.17) is 0 Å². The Labute approximate surface area is 165 Å². The van der Waals surface area contributed by atoms with Crippen LogP contribution >= 0.6 is 0 Å². The van der Waals surface area contributed by atoms with Crippen LogP contribution in [-0.2, 0) is 11.2 Å². The maximum absolute atomic E-state index is 11.9. The summed E-state index contributed by atoms with van der Waals surface area (Å²) in [6.45, 7) is 7.27. The predicted octanol–water partition coefficient (Wildman–Crippen LogP) is 3.45. The lowest BCUT2D eigenvalue weighted by Gasteiger charge is -2.40. The van der Waals surface area contributed by atoms with E-state index in [2.05, 4.69) is 63.2 Å². The topological polar surface area (TPSA) is 64.3 Å². The Morgan fingerprint density at radius 1 is 1.25 bits per heavy atom. The highest BCUT2D eigenvalue weighted by Crippen LogP contribution is 2.29. The van der Waals surface area contributed by atoms with Gasteiger partial charge in [0.25, 0.3) is 0 Å². The van der Waals surface area contributed by atoms with Crippen LogP contribution in [0, 0.1) is 0 Å². The number of aryl methyl sites for hydroxylation is 1. The molecule has 146 valence electrons. The summed E-state index contributed by atoms with van der Waals surface area (Å²) in [6, 6.07) is 12.4. The third-order valence-electron chi connectivity index (χ3n) is 5.42. The molecule has 0 amide bonds. The van der Waals surface area contributed by atoms with Gasteiger partial charge in [-0.2, -0.15) is 0 Å². The van der Waals surface area contributed by atoms with E-state index < -0.39 is 0 Å². The first-order chi connectivity index (χ1) is 13.7. The smallest absolute Gasteiger partial charge is 0.152 e. The van der Waals surface area contributed by atoms with Gasteiger partial charge in [-0.3, -0.25) is 0 Å². The average molecular weight is 377 g/mol. The third kappa shape index (κ3) is 3.42. The number of benzene rings is 1. The zero-order chi connectivity index (χ0) is 19.5. The number of aromatic nitrogens is 2. The minimum absolute atomic E-state index is 0.219. The molecule has 28 heavy (non-hydrogen) atoms. The van der Waals surface area contributed by atoms with Crippen LogP contribution in [0.25, 0.3) is 10.9 Å². The fraction of sp³-hybridized carbons (Fsp3) is 0.364. The predicted molar refractivity (Wildman–Crippen MR) is 115 cm³/mol. The highest BCUT2D eigenvalue weighted by atomic mass is 16.1. The zero-order valence-corrected chi connectivity index (χ0v) is 16.5. The first kappa shape index (κ1) is 18.3. The quantitative estimate of drug-likeness (QED) is 0.644. The van der Waals surface area contributed by atoms with Crippen LogP contribution in [0.4, 0.5) is 17.3 Å². The molecule has 2 aromatic heterocycles. The molecule has 6 heteroatoms. The summed E-state index contributed by atoms with van der Waals surface area (Å²) in [5.41, 5.74) is 3.44. The zero-order valence-electron chi connectivity index (χ0n) is 16.5. The summed E-state index contributed by atoms with van der Waals surface area (Å²) in [4.78, 5) is 24.4. The highest BCUT2D eigenvalue weighted by Gasteiger charge is 2.29. The van der Waals surface area contributed by atoms with Crippen molar-refractivity contribution in [3.8, 4) is 0 Å². The van der Waals surface area contributed by atoms with Crippen LogP contribution in [0.15, 0.2) is 42.6 Å². The minimum Gasteiger partial charge on any atom is -0.382 e. The Morgan fingerprint density at radius 3 is 2.93 bits per heavy atom. The summed E-state index contributed by atoms with van der Waals surface area (Å²) in [7, 11) is 0. The molecule has 4 rings (SSSR count). The van der Waals surface area contributed by atoms with Crippen molar-refractivity contribution in [1.82, 2.24) is 9.97 Å². The van der Waals surface area contributed by atoms with Crippen molar-refractivity contribution in [2.75, 3.05) is 41.3 Å². The monoisotopic (exact) mass is 377 g/mol. The summed E-state index contributed by atoms with van der Waals surface area (Å²) in [5.74, 6) is 1.92. The molecule has 1 aromatic carbocycles. The lowest BCUT2D eigenvalue weighted by atomic mass is 10.1. The summed E-state index contributed by atoms with van der Waals surface area (Å²) >= 11 is 0. The van der Waals surface area contributed by atoms with E-state index in [9.17, 15) is 4.79 Å². The molecule has 0 spiro atoms. The van der Waals surface area contributed by atoms with Gasteiger partial charge in [0.2, 0.25) is 0 Å². The maximum Gasteiger partial charge on any atom is 0.152 e. The van der Waals surface area contributed by atoms with Crippen molar-refractivity contribution in [3.63, 3.8) is 0 Å². The van der Waals surface area contributed by atoms with Crippen LogP contribution in [-0.4, -0.2) is 48.5 Å². The van der Waals surface area contributed by atoms with Gasteiger partial charge >= 0.3 is 0 Å². The van der Waals surface area contributed by atoms with E-state index in [-0.39, 0.29) is 6.04 Å². The van der Waals surface area contributed by atoms with Gasteiger partial charge in [-0.1, -0.05) is 13.0 Å². The Kier molecular flexibility index (Phi) is 5.19. The van der Waals surface area contributed by atoms with Crippen molar-refractivity contribution in [2.45, 2.75) is 26.3 Å². The highest BCUT2D eigenvalue weighted by molar-refractivity contribution is 5.85. The lowest BCUT2D eigenvalue weighted by Crippen LogP contribution is -2.54. The van der Waals surface area contributed by atoms with Crippen molar-refractivity contribution >= 4 is 34.5 Å². The number of aldehydes is 1. The molecule has 1 atom stereocenters.